The highest BCUT2D eigenvalue weighted by Crippen LogP contribution is 2.17. The molecule has 17 heavy (non-hydrogen) atoms. The van der Waals surface area contributed by atoms with Gasteiger partial charge in [0.15, 0.2) is 0 Å². The maximum Gasteiger partial charge on any atom is 0.118 e. The highest BCUT2D eigenvalue weighted by atomic mass is 32.1. The SMILES string of the molecule is CC(C)=CCC/C(C)=C/C=C(/C)c1nccs1. The van der Waals surface area contributed by atoms with Crippen molar-refractivity contribution in [2.45, 2.75) is 40.5 Å². The molecule has 0 aliphatic heterocycles. The van der Waals surface area contributed by atoms with Gasteiger partial charge in [0, 0.05) is 11.6 Å². The molecule has 1 aromatic rings. The Morgan fingerprint density at radius 2 is 2.00 bits per heavy atom. The second kappa shape index (κ2) is 7.23. The van der Waals surface area contributed by atoms with Gasteiger partial charge in [0.1, 0.15) is 5.01 Å². The lowest BCUT2D eigenvalue weighted by atomic mass is 10.1. The molecule has 0 spiro atoms. The van der Waals surface area contributed by atoms with Gasteiger partial charge in [0.05, 0.1) is 0 Å². The number of rotatable bonds is 5. The van der Waals surface area contributed by atoms with Gasteiger partial charge in [-0.3, -0.25) is 0 Å². The zero-order valence-corrected chi connectivity index (χ0v) is 12.0. The summed E-state index contributed by atoms with van der Waals surface area (Å²) >= 11 is 1.69. The van der Waals surface area contributed by atoms with E-state index in [1.165, 1.54) is 16.7 Å². The number of hydrogen-bond acceptors (Lipinski definition) is 2. The molecule has 0 aromatic carbocycles. The molecule has 0 amide bonds. The number of hydrogen-bond donors (Lipinski definition) is 0. The van der Waals surface area contributed by atoms with E-state index in [4.69, 9.17) is 0 Å². The van der Waals surface area contributed by atoms with Crippen molar-refractivity contribution in [3.05, 3.63) is 46.0 Å². The molecule has 1 rings (SSSR count). The summed E-state index contributed by atoms with van der Waals surface area (Å²) < 4.78 is 0. The predicted molar refractivity (Wildman–Crippen MR) is 78.2 cm³/mol. The van der Waals surface area contributed by atoms with Crippen molar-refractivity contribution in [1.29, 1.82) is 0 Å². The Labute approximate surface area is 109 Å². The molecular weight excluding hydrogens is 226 g/mol. The van der Waals surface area contributed by atoms with Crippen molar-refractivity contribution in [1.82, 2.24) is 4.98 Å². The average Bonchev–Trinajstić information content (AvgIpc) is 2.78. The lowest BCUT2D eigenvalue weighted by Crippen LogP contribution is -1.78. The van der Waals surface area contributed by atoms with Crippen molar-refractivity contribution in [2.24, 2.45) is 0 Å². The highest BCUT2D eigenvalue weighted by Gasteiger charge is 1.96. The first-order valence-corrected chi connectivity index (χ1v) is 6.85. The van der Waals surface area contributed by atoms with Crippen LogP contribution < -0.4 is 0 Å². The molecule has 1 heterocycles. The number of nitrogens with zero attached hydrogens (tertiary/aromatic N) is 1. The Bertz CT molecular complexity index is 418. The summed E-state index contributed by atoms with van der Waals surface area (Å²) in [6.07, 6.45) is 10.8. The minimum atomic E-state index is 1.11. The van der Waals surface area contributed by atoms with Gasteiger partial charge in [0.25, 0.3) is 0 Å². The third-order valence-electron chi connectivity index (χ3n) is 2.48. The maximum absolute atomic E-state index is 4.29. The van der Waals surface area contributed by atoms with Crippen LogP contribution in [0.2, 0.25) is 0 Å². The summed E-state index contributed by atoms with van der Waals surface area (Å²) in [5.41, 5.74) is 4.05. The Morgan fingerprint density at radius 3 is 2.59 bits per heavy atom. The first-order chi connectivity index (χ1) is 8.09. The van der Waals surface area contributed by atoms with Gasteiger partial charge in [-0.1, -0.05) is 29.4 Å². The molecule has 0 bridgehead atoms. The van der Waals surface area contributed by atoms with E-state index in [1.807, 2.05) is 11.6 Å². The summed E-state index contributed by atoms with van der Waals surface area (Å²) in [5.74, 6) is 0. The molecule has 0 saturated heterocycles. The number of allylic oxidation sites excluding steroid dienone is 6. The van der Waals surface area contributed by atoms with Crippen LogP contribution in [-0.2, 0) is 0 Å². The topological polar surface area (TPSA) is 12.9 Å². The van der Waals surface area contributed by atoms with Crippen LogP contribution in [0.1, 0.15) is 45.5 Å². The van der Waals surface area contributed by atoms with Crippen LogP contribution in [0, 0.1) is 0 Å². The Kier molecular flexibility index (Phi) is 5.92. The molecule has 1 aromatic heterocycles. The standard InChI is InChI=1S/C15H21NS/c1-12(2)6-5-7-13(3)8-9-14(4)15-16-10-11-17-15/h6,8-11H,5,7H2,1-4H3/b13-8+,14-9-. The predicted octanol–water partition coefficient (Wildman–Crippen LogP) is 5.24. The van der Waals surface area contributed by atoms with Gasteiger partial charge in [0.2, 0.25) is 0 Å². The van der Waals surface area contributed by atoms with Crippen molar-refractivity contribution in [3.8, 4) is 0 Å². The van der Waals surface area contributed by atoms with Gasteiger partial charge < -0.3 is 0 Å². The third kappa shape index (κ3) is 5.64. The normalized spacial score (nSPS) is 12.7. The van der Waals surface area contributed by atoms with E-state index >= 15 is 0 Å². The maximum atomic E-state index is 4.29. The monoisotopic (exact) mass is 247 g/mol. The molecule has 1 nitrogen and oxygen atoms in total. The fraction of sp³-hybridized carbons (Fsp3) is 0.400. The summed E-state index contributed by atoms with van der Waals surface area (Å²) in [6.45, 7) is 8.58. The first-order valence-electron chi connectivity index (χ1n) is 5.97. The van der Waals surface area contributed by atoms with Crippen molar-refractivity contribution in [2.75, 3.05) is 0 Å². The zero-order chi connectivity index (χ0) is 12.7. The number of aromatic nitrogens is 1. The molecule has 0 aliphatic rings. The molecule has 2 heteroatoms. The molecule has 0 saturated carbocycles. The van der Waals surface area contributed by atoms with Gasteiger partial charge in [-0.2, -0.15) is 0 Å². The van der Waals surface area contributed by atoms with Gasteiger partial charge in [-0.25, -0.2) is 4.98 Å². The van der Waals surface area contributed by atoms with E-state index < -0.39 is 0 Å². The molecule has 0 unspecified atom stereocenters. The van der Waals surface area contributed by atoms with Crippen LogP contribution in [0.3, 0.4) is 0 Å². The van der Waals surface area contributed by atoms with E-state index in [0.29, 0.717) is 0 Å². The quantitative estimate of drug-likeness (QED) is 0.512. The average molecular weight is 247 g/mol. The summed E-state index contributed by atoms with van der Waals surface area (Å²) in [5, 5.41) is 3.12. The molecular formula is C15H21NS. The summed E-state index contributed by atoms with van der Waals surface area (Å²) in [4.78, 5) is 4.29. The van der Waals surface area contributed by atoms with E-state index in [9.17, 15) is 0 Å². The first kappa shape index (κ1) is 13.9. The summed E-state index contributed by atoms with van der Waals surface area (Å²) in [6, 6.07) is 0. The highest BCUT2D eigenvalue weighted by molar-refractivity contribution is 7.10. The smallest absolute Gasteiger partial charge is 0.118 e. The lowest BCUT2D eigenvalue weighted by Gasteiger charge is -1.98. The molecule has 0 N–H and O–H groups in total. The van der Waals surface area contributed by atoms with Crippen molar-refractivity contribution in [3.63, 3.8) is 0 Å². The van der Waals surface area contributed by atoms with E-state index in [0.717, 1.165) is 17.8 Å². The summed E-state index contributed by atoms with van der Waals surface area (Å²) in [7, 11) is 0. The molecule has 0 aliphatic carbocycles. The zero-order valence-electron chi connectivity index (χ0n) is 11.2. The van der Waals surface area contributed by atoms with Crippen molar-refractivity contribution < 1.29 is 0 Å². The molecule has 92 valence electrons. The van der Waals surface area contributed by atoms with Crippen LogP contribution in [0.5, 0.6) is 0 Å². The number of thiazole rings is 1. The van der Waals surface area contributed by atoms with E-state index in [-0.39, 0.29) is 0 Å². The third-order valence-corrected chi connectivity index (χ3v) is 3.39. The van der Waals surface area contributed by atoms with Crippen molar-refractivity contribution >= 4 is 16.9 Å². The minimum absolute atomic E-state index is 1.11. The molecule has 0 atom stereocenters. The largest absolute Gasteiger partial charge is 0.245 e. The van der Waals surface area contributed by atoms with E-state index in [2.05, 4.69) is 50.9 Å². The molecule has 0 fully saturated rings. The Balaban J connectivity index is 2.52. The van der Waals surface area contributed by atoms with Gasteiger partial charge in [-0.15, -0.1) is 11.3 Å². The Morgan fingerprint density at radius 1 is 1.24 bits per heavy atom. The lowest BCUT2D eigenvalue weighted by molar-refractivity contribution is 0.967. The Hall–Kier alpha value is -1.15. The fourth-order valence-electron chi connectivity index (χ4n) is 1.43. The van der Waals surface area contributed by atoms with Crippen LogP contribution in [0.15, 0.2) is 41.0 Å². The van der Waals surface area contributed by atoms with Crippen LogP contribution in [0.4, 0.5) is 0 Å². The second-order valence-electron chi connectivity index (χ2n) is 4.52. The van der Waals surface area contributed by atoms with Gasteiger partial charge >= 0.3 is 0 Å². The molecule has 0 radical (unpaired) electrons. The second-order valence-corrected chi connectivity index (χ2v) is 5.41. The van der Waals surface area contributed by atoms with Crippen LogP contribution in [0.25, 0.3) is 5.57 Å². The fourth-order valence-corrected chi connectivity index (χ4v) is 2.05. The van der Waals surface area contributed by atoms with Gasteiger partial charge in [-0.05, 0) is 46.1 Å². The van der Waals surface area contributed by atoms with E-state index in [1.54, 1.807) is 11.3 Å². The van der Waals surface area contributed by atoms with Crippen LogP contribution >= 0.6 is 11.3 Å². The van der Waals surface area contributed by atoms with Crippen LogP contribution in [-0.4, -0.2) is 4.98 Å². The minimum Gasteiger partial charge on any atom is -0.245 e.